The molecule has 2 aliphatic rings. The average molecular weight is 423 g/mol. The number of hydrogen-bond donors (Lipinski definition) is 2. The van der Waals surface area contributed by atoms with Crippen LogP contribution in [0.4, 0.5) is 13.2 Å². The zero-order valence-corrected chi connectivity index (χ0v) is 16.9. The molecule has 0 radical (unpaired) electrons. The number of carbonyl (C=O) groups is 2. The lowest BCUT2D eigenvalue weighted by atomic mass is 9.97. The number of carbonyl (C=O) groups excluding carboxylic acids is 2. The van der Waals surface area contributed by atoms with Gasteiger partial charge < -0.3 is 10.6 Å². The summed E-state index contributed by atoms with van der Waals surface area (Å²) in [5.74, 6) is -0.585. The standard InChI is InChI=1S/C22H28F3N3O2/c23-22(24,25)18-9-5-4-8-17(18)15-28-13-12-27-21(30)19(28)14-20(29)26-11-10-16-6-2-1-3-7-16/h4-6,8-9,19H,1-3,7,10-15H2,(H,26,29)(H,27,30). The van der Waals surface area contributed by atoms with Gasteiger partial charge in [-0.15, -0.1) is 0 Å². The van der Waals surface area contributed by atoms with Gasteiger partial charge >= 0.3 is 6.18 Å². The van der Waals surface area contributed by atoms with Gasteiger partial charge in [-0.05, 0) is 43.7 Å². The monoisotopic (exact) mass is 423 g/mol. The molecule has 1 aromatic rings. The highest BCUT2D eigenvalue weighted by Gasteiger charge is 2.36. The minimum absolute atomic E-state index is 0.0338. The summed E-state index contributed by atoms with van der Waals surface area (Å²) in [5, 5.41) is 5.57. The first-order chi connectivity index (χ1) is 14.3. The lowest BCUT2D eigenvalue weighted by Gasteiger charge is -2.35. The van der Waals surface area contributed by atoms with Gasteiger partial charge in [0.05, 0.1) is 18.0 Å². The summed E-state index contributed by atoms with van der Waals surface area (Å²) in [6, 6.07) is 4.58. The van der Waals surface area contributed by atoms with Crippen LogP contribution in [0.2, 0.25) is 0 Å². The summed E-state index contributed by atoms with van der Waals surface area (Å²) in [6.45, 7) is 1.21. The Bertz CT molecular complexity index is 792. The molecule has 5 nitrogen and oxygen atoms in total. The molecule has 2 N–H and O–H groups in total. The van der Waals surface area contributed by atoms with Crippen LogP contribution in [0.3, 0.4) is 0 Å². The van der Waals surface area contributed by atoms with Crippen LogP contribution in [0, 0.1) is 0 Å². The smallest absolute Gasteiger partial charge is 0.356 e. The van der Waals surface area contributed by atoms with Crippen molar-refractivity contribution >= 4 is 11.8 Å². The first kappa shape index (κ1) is 22.3. The van der Waals surface area contributed by atoms with Gasteiger partial charge in [-0.2, -0.15) is 13.2 Å². The van der Waals surface area contributed by atoms with E-state index in [4.69, 9.17) is 0 Å². The second kappa shape index (κ2) is 10.1. The molecule has 8 heteroatoms. The van der Waals surface area contributed by atoms with Gasteiger partial charge in [0.2, 0.25) is 11.8 Å². The van der Waals surface area contributed by atoms with Gasteiger partial charge in [0, 0.05) is 26.2 Å². The van der Waals surface area contributed by atoms with Crippen molar-refractivity contribution < 1.29 is 22.8 Å². The molecule has 1 fully saturated rings. The maximum absolute atomic E-state index is 13.3. The minimum Gasteiger partial charge on any atom is -0.356 e. The normalized spacial score (nSPS) is 20.4. The molecule has 2 amide bonds. The van der Waals surface area contributed by atoms with Crippen LogP contribution in [0.15, 0.2) is 35.9 Å². The highest BCUT2D eigenvalue weighted by Crippen LogP contribution is 2.32. The molecule has 1 aliphatic carbocycles. The number of alkyl halides is 3. The molecule has 30 heavy (non-hydrogen) atoms. The van der Waals surface area contributed by atoms with Crippen molar-refractivity contribution in [2.45, 2.75) is 57.3 Å². The molecule has 0 aromatic heterocycles. The van der Waals surface area contributed by atoms with Crippen LogP contribution in [0.25, 0.3) is 0 Å². The topological polar surface area (TPSA) is 61.4 Å². The Kier molecular flexibility index (Phi) is 7.53. The maximum atomic E-state index is 13.3. The Balaban J connectivity index is 1.60. The summed E-state index contributed by atoms with van der Waals surface area (Å²) in [4.78, 5) is 26.4. The van der Waals surface area contributed by atoms with Crippen molar-refractivity contribution in [3.63, 3.8) is 0 Å². The zero-order chi connectivity index (χ0) is 21.6. The highest BCUT2D eigenvalue weighted by molar-refractivity contribution is 5.88. The lowest BCUT2D eigenvalue weighted by molar-refractivity contribution is -0.139. The predicted molar refractivity (Wildman–Crippen MR) is 107 cm³/mol. The van der Waals surface area contributed by atoms with Crippen LogP contribution < -0.4 is 10.6 Å². The number of nitrogens with one attached hydrogen (secondary N) is 2. The Labute approximate surface area is 174 Å². The van der Waals surface area contributed by atoms with E-state index >= 15 is 0 Å². The summed E-state index contributed by atoms with van der Waals surface area (Å²) in [7, 11) is 0. The number of piperazine rings is 1. The van der Waals surface area contributed by atoms with Crippen LogP contribution >= 0.6 is 0 Å². The van der Waals surface area contributed by atoms with Gasteiger partial charge in [-0.25, -0.2) is 0 Å². The van der Waals surface area contributed by atoms with Crippen molar-refractivity contribution in [2.24, 2.45) is 0 Å². The number of amides is 2. The first-order valence-corrected chi connectivity index (χ1v) is 10.5. The van der Waals surface area contributed by atoms with Crippen LogP contribution in [0.5, 0.6) is 0 Å². The zero-order valence-electron chi connectivity index (χ0n) is 16.9. The van der Waals surface area contributed by atoms with Crippen LogP contribution in [-0.4, -0.2) is 42.4 Å². The molecular weight excluding hydrogens is 395 g/mol. The Morgan fingerprint density at radius 2 is 2.03 bits per heavy atom. The molecule has 164 valence electrons. The molecular formula is C22H28F3N3O2. The number of allylic oxidation sites excluding steroid dienone is 1. The minimum atomic E-state index is -4.46. The first-order valence-electron chi connectivity index (χ1n) is 10.5. The lowest BCUT2D eigenvalue weighted by Crippen LogP contribution is -2.56. The highest BCUT2D eigenvalue weighted by atomic mass is 19.4. The van der Waals surface area contributed by atoms with Gasteiger partial charge in [-0.1, -0.05) is 29.8 Å². The van der Waals surface area contributed by atoms with Crippen molar-refractivity contribution in [1.29, 1.82) is 0 Å². The summed E-state index contributed by atoms with van der Waals surface area (Å²) >= 11 is 0. The second-order valence-electron chi connectivity index (χ2n) is 7.84. The molecule has 1 heterocycles. The van der Waals surface area contributed by atoms with Gasteiger partial charge in [0.25, 0.3) is 0 Å². The van der Waals surface area contributed by atoms with Crippen LogP contribution in [-0.2, 0) is 22.3 Å². The third-order valence-corrected chi connectivity index (χ3v) is 5.67. The van der Waals surface area contributed by atoms with E-state index in [9.17, 15) is 22.8 Å². The van der Waals surface area contributed by atoms with Crippen molar-refractivity contribution in [2.75, 3.05) is 19.6 Å². The van der Waals surface area contributed by atoms with E-state index < -0.39 is 17.8 Å². The number of hydrogen-bond acceptors (Lipinski definition) is 3. The van der Waals surface area contributed by atoms with Gasteiger partial charge in [0.1, 0.15) is 0 Å². The summed E-state index contributed by atoms with van der Waals surface area (Å²) in [5.41, 5.74) is 0.747. The third-order valence-electron chi connectivity index (χ3n) is 5.67. The molecule has 0 saturated carbocycles. The van der Waals surface area contributed by atoms with E-state index in [1.807, 2.05) is 0 Å². The molecule has 0 bridgehead atoms. The van der Waals surface area contributed by atoms with E-state index in [0.717, 1.165) is 25.3 Å². The molecule has 1 atom stereocenters. The average Bonchev–Trinajstić information content (AvgIpc) is 2.71. The van der Waals surface area contributed by atoms with E-state index in [0.29, 0.717) is 19.6 Å². The molecule has 1 unspecified atom stereocenters. The second-order valence-corrected chi connectivity index (χ2v) is 7.84. The van der Waals surface area contributed by atoms with E-state index in [-0.39, 0.29) is 30.3 Å². The third kappa shape index (κ3) is 6.08. The summed E-state index contributed by atoms with van der Waals surface area (Å²) in [6.07, 6.45) is 3.02. The molecule has 1 aromatic carbocycles. The quantitative estimate of drug-likeness (QED) is 0.661. The maximum Gasteiger partial charge on any atom is 0.416 e. The molecule has 0 spiro atoms. The Hall–Kier alpha value is -2.35. The van der Waals surface area contributed by atoms with E-state index in [1.165, 1.54) is 30.5 Å². The number of rotatable bonds is 7. The molecule has 3 rings (SSSR count). The number of nitrogens with zero attached hydrogens (tertiary/aromatic N) is 1. The Morgan fingerprint density at radius 3 is 2.77 bits per heavy atom. The number of halogens is 3. The SMILES string of the molecule is O=C(CC1C(=O)NCCN1Cc1ccccc1C(F)(F)F)NCCC1=CCCCC1. The van der Waals surface area contributed by atoms with E-state index in [2.05, 4.69) is 16.7 Å². The van der Waals surface area contributed by atoms with Crippen molar-refractivity contribution in [3.8, 4) is 0 Å². The summed E-state index contributed by atoms with van der Waals surface area (Å²) < 4.78 is 39.9. The van der Waals surface area contributed by atoms with E-state index in [1.54, 1.807) is 11.0 Å². The fourth-order valence-corrected chi connectivity index (χ4v) is 4.07. The molecule has 1 aliphatic heterocycles. The van der Waals surface area contributed by atoms with Crippen molar-refractivity contribution in [1.82, 2.24) is 15.5 Å². The molecule has 1 saturated heterocycles. The fourth-order valence-electron chi connectivity index (χ4n) is 4.07. The van der Waals surface area contributed by atoms with Crippen molar-refractivity contribution in [3.05, 3.63) is 47.0 Å². The van der Waals surface area contributed by atoms with Gasteiger partial charge in [0.15, 0.2) is 0 Å². The van der Waals surface area contributed by atoms with Gasteiger partial charge in [-0.3, -0.25) is 14.5 Å². The number of benzene rings is 1. The Morgan fingerprint density at radius 1 is 1.23 bits per heavy atom. The largest absolute Gasteiger partial charge is 0.416 e. The fraction of sp³-hybridized carbons (Fsp3) is 0.545. The predicted octanol–water partition coefficient (Wildman–Crippen LogP) is 3.40. The van der Waals surface area contributed by atoms with Crippen LogP contribution in [0.1, 0.15) is 49.7 Å².